The van der Waals surface area contributed by atoms with E-state index in [0.29, 0.717) is 17.5 Å². The Morgan fingerprint density at radius 1 is 0.737 bits per heavy atom. The van der Waals surface area contributed by atoms with Gasteiger partial charge in [-0.3, -0.25) is 47.9 Å². The second kappa shape index (κ2) is 29.0. The van der Waals surface area contributed by atoms with Gasteiger partial charge < -0.3 is 61.8 Å². The number of esters is 1. The molecule has 0 aliphatic carbocycles. The zero-order valence-electron chi connectivity index (χ0n) is 44.1. The van der Waals surface area contributed by atoms with E-state index in [1.54, 1.807) is 95.3 Å². The lowest BCUT2D eigenvalue weighted by Gasteiger charge is -2.44. The number of piperidine rings is 1. The molecule has 0 aromatic heterocycles. The van der Waals surface area contributed by atoms with Gasteiger partial charge in [-0.15, -0.1) is 0 Å². The summed E-state index contributed by atoms with van der Waals surface area (Å²) < 4.78 is 5.89. The molecule has 2 aliphatic heterocycles. The first-order valence-corrected chi connectivity index (χ1v) is 25.8. The molecule has 23 heteroatoms. The van der Waals surface area contributed by atoms with Crippen LogP contribution < -0.4 is 31.9 Å². The van der Waals surface area contributed by atoms with Crippen LogP contribution >= 0.6 is 0 Å². The van der Waals surface area contributed by atoms with E-state index in [0.717, 1.165) is 9.80 Å². The maximum atomic E-state index is 14.8. The number of hydrogen-bond donors (Lipinski definition) is 9. The summed E-state index contributed by atoms with van der Waals surface area (Å²) in [6.07, 6.45) is -5.41. The van der Waals surface area contributed by atoms with E-state index in [-0.39, 0.29) is 38.5 Å². The molecule has 2 aromatic carbocycles. The first-order chi connectivity index (χ1) is 36.0. The zero-order valence-corrected chi connectivity index (χ0v) is 44.1. The summed E-state index contributed by atoms with van der Waals surface area (Å²) in [5.74, 6) is -12.5. The number of rotatable bonds is 20. The molecule has 4 rings (SSSR count). The van der Waals surface area contributed by atoms with E-state index in [1.165, 1.54) is 14.0 Å². The Balaban J connectivity index is 1.85. The maximum Gasteiger partial charge on any atom is 0.329 e. The number of aliphatic hydroxyl groups excluding tert-OH is 1. The second-order valence-electron chi connectivity index (χ2n) is 19.8. The highest BCUT2D eigenvalue weighted by Gasteiger charge is 2.47. The van der Waals surface area contributed by atoms with Gasteiger partial charge in [0, 0.05) is 39.2 Å². The lowest BCUT2D eigenvalue weighted by Crippen LogP contribution is -2.66. The van der Waals surface area contributed by atoms with Crippen LogP contribution in [-0.2, 0) is 70.3 Å². The van der Waals surface area contributed by atoms with Crippen molar-refractivity contribution in [3.8, 4) is 0 Å². The lowest BCUT2D eigenvalue weighted by atomic mass is 9.93. The Morgan fingerprint density at radius 3 is 1.93 bits per heavy atom. The quantitative estimate of drug-likeness (QED) is 0.0825. The molecule has 2 saturated heterocycles. The van der Waals surface area contributed by atoms with Crippen LogP contribution in [0.1, 0.15) is 110 Å². The number of nitrogens with one attached hydrogen (secondary N) is 6. The number of amides is 8. The number of benzene rings is 2. The van der Waals surface area contributed by atoms with Gasteiger partial charge in [0.15, 0.2) is 0 Å². The number of hydrogen-bond acceptors (Lipinski definition) is 13. The Hall–Kier alpha value is -7.43. The summed E-state index contributed by atoms with van der Waals surface area (Å²) in [6, 6.07) is 4.87. The highest BCUT2D eigenvalue weighted by molar-refractivity contribution is 5.99. The molecule has 2 aromatic rings. The Bertz CT molecular complexity index is 2390. The average molecular weight is 1060 g/mol. The van der Waals surface area contributed by atoms with Crippen molar-refractivity contribution in [2.75, 3.05) is 7.05 Å². The number of likely N-dealkylation sites (N-methyl/N-ethyl adjacent to an activating group) is 1. The number of aliphatic carboxylic acids is 2. The predicted octanol–water partition coefficient (Wildman–Crippen LogP) is 0.694. The summed E-state index contributed by atoms with van der Waals surface area (Å²) in [4.78, 5) is 155. The normalized spacial score (nSPS) is 24.2. The minimum Gasteiger partial charge on any atom is -0.481 e. The maximum absolute atomic E-state index is 14.8. The fourth-order valence-corrected chi connectivity index (χ4v) is 9.02. The minimum atomic E-state index is -2.00. The summed E-state index contributed by atoms with van der Waals surface area (Å²) >= 11 is 0. The molecule has 11 atom stereocenters. The first-order valence-electron chi connectivity index (χ1n) is 25.8. The van der Waals surface area contributed by atoms with Crippen molar-refractivity contribution in [3.63, 3.8) is 0 Å². The monoisotopic (exact) mass is 1060 g/mol. The molecular weight excluding hydrogens is 989 g/mol. The SMILES string of the molecule is CCCC(=O)N[C@@H](Cc1ccccc1)C(=O)N[C@@H](CCC(=O)O)C(=O)N[C@@H]1C(=O)N[C@@H](CCC(=O)O)C(=O)N[C@H]2CC[C@@H](O)N(C2=O)[C@@H](C(C)C)C(=O)N(C)[C@@H](Cc2ccccc2)C(=O)N[C@@H]([C@@H](C)CC)C(=O)O[C@@H]1C. The standard InChI is InChI=1S/C53H74N8O15/c1-8-16-39(62)54-37(27-32-17-12-10-13-18-32)48(70)55-35(23-26-42(66)67)47(69)59-44-31(6)76-53(75)43(30(5)9-2)58-49(71)38(28-33-19-14-11-15-20-33)60(7)52(74)45(29(3)4)61-40(63)24-21-36(51(61)73)57-46(68)34(56-50(44)72)22-25-41(64)65/h10-15,17-20,29-31,34-38,40,43-45,63H,8-9,16,21-28H2,1-7H3,(H,54,62)(H,55,70)(H,56,72)(H,57,68)(H,58,71)(H,59,69)(H,64,65)(H,66,67)/t30-,31+,34-,35-,36-,37-,38-,40+,43-,44-,45-/m0/s1. The van der Waals surface area contributed by atoms with E-state index in [2.05, 4.69) is 31.9 Å². The fourth-order valence-electron chi connectivity index (χ4n) is 9.02. The van der Waals surface area contributed by atoms with Crippen LogP contribution in [0, 0.1) is 11.8 Å². The van der Waals surface area contributed by atoms with E-state index < -0.39 is 163 Å². The van der Waals surface area contributed by atoms with Crippen LogP contribution in [0.2, 0.25) is 0 Å². The number of carboxylic acids is 2. The molecule has 0 radical (unpaired) electrons. The number of nitrogens with zero attached hydrogens (tertiary/aromatic N) is 2. The van der Waals surface area contributed by atoms with Crippen molar-refractivity contribution >= 4 is 65.2 Å². The molecular formula is C53H74N8O15. The van der Waals surface area contributed by atoms with Gasteiger partial charge in [0.2, 0.25) is 47.3 Å². The third-order valence-corrected chi connectivity index (χ3v) is 13.6. The summed E-state index contributed by atoms with van der Waals surface area (Å²) in [5, 5.41) is 46.1. The number of carbonyl (C=O) groups excluding carboxylic acids is 9. The van der Waals surface area contributed by atoms with Crippen molar-refractivity contribution in [1.82, 2.24) is 41.7 Å². The Kier molecular flexibility index (Phi) is 23.3. The van der Waals surface area contributed by atoms with Crippen molar-refractivity contribution in [3.05, 3.63) is 71.8 Å². The number of cyclic esters (lactones) is 1. The Labute approximate surface area is 442 Å². The van der Waals surface area contributed by atoms with Crippen molar-refractivity contribution < 1.29 is 72.8 Å². The van der Waals surface area contributed by atoms with Gasteiger partial charge in [-0.25, -0.2) is 4.79 Å². The molecule has 0 spiro atoms. The minimum absolute atomic E-state index is 0.0376. The van der Waals surface area contributed by atoms with Crippen LogP contribution in [0.4, 0.5) is 0 Å². The summed E-state index contributed by atoms with van der Waals surface area (Å²) in [6.45, 7) is 9.57. The highest BCUT2D eigenvalue weighted by Crippen LogP contribution is 2.27. The summed E-state index contributed by atoms with van der Waals surface area (Å²) in [5.41, 5.74) is 1.25. The van der Waals surface area contributed by atoms with Crippen molar-refractivity contribution in [2.45, 2.75) is 173 Å². The molecule has 23 nitrogen and oxygen atoms in total. The van der Waals surface area contributed by atoms with E-state index >= 15 is 0 Å². The topological polar surface area (TPSA) is 336 Å². The molecule has 76 heavy (non-hydrogen) atoms. The third kappa shape index (κ3) is 17.3. The van der Waals surface area contributed by atoms with Gasteiger partial charge in [-0.05, 0) is 62.0 Å². The third-order valence-electron chi connectivity index (χ3n) is 13.6. The van der Waals surface area contributed by atoms with Crippen molar-refractivity contribution in [2.24, 2.45) is 11.8 Å². The number of carbonyl (C=O) groups is 11. The smallest absolute Gasteiger partial charge is 0.329 e. The molecule has 0 saturated carbocycles. The largest absolute Gasteiger partial charge is 0.481 e. The van der Waals surface area contributed by atoms with Crippen LogP contribution in [-0.4, -0.2) is 158 Å². The number of ether oxygens (including phenoxy) is 1. The molecule has 416 valence electrons. The van der Waals surface area contributed by atoms with Gasteiger partial charge in [-0.1, -0.05) is 102 Å². The fraction of sp³-hybridized carbons (Fsp3) is 0.566. The van der Waals surface area contributed by atoms with E-state index in [1.807, 2.05) is 0 Å². The summed E-state index contributed by atoms with van der Waals surface area (Å²) in [7, 11) is 1.35. The van der Waals surface area contributed by atoms with E-state index in [9.17, 15) is 68.1 Å². The zero-order chi connectivity index (χ0) is 56.4. The number of aliphatic hydroxyl groups is 1. The molecule has 9 N–H and O–H groups in total. The lowest BCUT2D eigenvalue weighted by molar-refractivity contribution is -0.167. The van der Waals surface area contributed by atoms with Gasteiger partial charge in [0.05, 0.1) is 0 Å². The average Bonchev–Trinajstić information content (AvgIpc) is 3.37. The van der Waals surface area contributed by atoms with Crippen LogP contribution in [0.25, 0.3) is 0 Å². The highest BCUT2D eigenvalue weighted by atomic mass is 16.5. The molecule has 2 aliphatic rings. The molecule has 2 fully saturated rings. The molecule has 2 bridgehead atoms. The first kappa shape index (κ1) is 61.1. The van der Waals surface area contributed by atoms with Crippen LogP contribution in [0.5, 0.6) is 0 Å². The second-order valence-corrected chi connectivity index (χ2v) is 19.8. The number of carboxylic acid groups (broad SMARTS) is 2. The number of fused-ring (bicyclic) bond motifs is 2. The van der Waals surface area contributed by atoms with Gasteiger partial charge >= 0.3 is 17.9 Å². The molecule has 0 unspecified atom stereocenters. The molecule has 8 amide bonds. The van der Waals surface area contributed by atoms with Crippen LogP contribution in [0.15, 0.2) is 60.7 Å². The predicted molar refractivity (Wildman–Crippen MR) is 273 cm³/mol. The van der Waals surface area contributed by atoms with E-state index in [4.69, 9.17) is 4.74 Å². The Morgan fingerprint density at radius 2 is 1.36 bits per heavy atom. The van der Waals surface area contributed by atoms with Gasteiger partial charge in [0.25, 0.3) is 0 Å². The molecule has 2 heterocycles. The van der Waals surface area contributed by atoms with Crippen LogP contribution in [0.3, 0.4) is 0 Å². The van der Waals surface area contributed by atoms with Gasteiger partial charge in [0.1, 0.15) is 60.7 Å². The van der Waals surface area contributed by atoms with Gasteiger partial charge in [-0.2, -0.15) is 0 Å². The van der Waals surface area contributed by atoms with Crippen molar-refractivity contribution in [1.29, 1.82) is 0 Å².